The normalized spacial score (nSPS) is 40.8. The average molecular weight is 158 g/mol. The van der Waals surface area contributed by atoms with Crippen LogP contribution >= 0.6 is 11.8 Å². The fraction of sp³-hybridized carbons (Fsp3) is 1.00. The Kier molecular flexibility index (Phi) is 2.19. The van der Waals surface area contributed by atoms with Crippen LogP contribution in [0.4, 0.5) is 0 Å². The van der Waals surface area contributed by atoms with Gasteiger partial charge in [-0.05, 0) is 25.0 Å². The summed E-state index contributed by atoms with van der Waals surface area (Å²) < 4.78 is 5.62. The minimum Gasteiger partial charge on any atom is -0.377 e. The van der Waals surface area contributed by atoms with Crippen LogP contribution in [0.5, 0.6) is 0 Å². The van der Waals surface area contributed by atoms with Crippen LogP contribution in [0, 0.1) is 0 Å². The summed E-state index contributed by atoms with van der Waals surface area (Å²) in [6.45, 7) is 1.02. The first kappa shape index (κ1) is 6.99. The Morgan fingerprint density at radius 2 is 2.30 bits per heavy atom. The highest BCUT2D eigenvalue weighted by atomic mass is 32.2. The Hall–Kier alpha value is 0.310. The molecule has 0 aromatic rings. The van der Waals surface area contributed by atoms with Crippen LogP contribution in [-0.4, -0.2) is 23.7 Å². The molecule has 0 aliphatic carbocycles. The molecule has 2 unspecified atom stereocenters. The van der Waals surface area contributed by atoms with Crippen LogP contribution in [-0.2, 0) is 4.74 Å². The number of hydrogen-bond acceptors (Lipinski definition) is 2. The third kappa shape index (κ3) is 1.48. The predicted octanol–water partition coefficient (Wildman–Crippen LogP) is 2.06. The number of rotatable bonds is 0. The second kappa shape index (κ2) is 3.14. The highest BCUT2D eigenvalue weighted by molar-refractivity contribution is 7.99. The molecule has 0 spiro atoms. The average Bonchev–Trinajstić information content (AvgIpc) is 2.30. The zero-order valence-electron chi connectivity index (χ0n) is 6.21. The lowest BCUT2D eigenvalue weighted by Crippen LogP contribution is -2.08. The fourth-order valence-corrected chi connectivity index (χ4v) is 2.94. The van der Waals surface area contributed by atoms with Crippen LogP contribution in [0.25, 0.3) is 0 Å². The van der Waals surface area contributed by atoms with Gasteiger partial charge in [-0.2, -0.15) is 11.8 Å². The van der Waals surface area contributed by atoms with Gasteiger partial charge < -0.3 is 4.74 Å². The summed E-state index contributed by atoms with van der Waals surface area (Å²) in [6.07, 6.45) is 6.05. The lowest BCUT2D eigenvalue weighted by Gasteiger charge is -2.12. The number of ether oxygens (including phenoxy) is 1. The molecular weight excluding hydrogens is 144 g/mol. The van der Waals surface area contributed by atoms with Crippen LogP contribution in [0.15, 0.2) is 0 Å². The van der Waals surface area contributed by atoms with Crippen molar-refractivity contribution in [1.29, 1.82) is 0 Å². The minimum atomic E-state index is 0.623. The maximum atomic E-state index is 5.62. The summed E-state index contributed by atoms with van der Waals surface area (Å²) >= 11 is 2.11. The van der Waals surface area contributed by atoms with Crippen LogP contribution in [0.3, 0.4) is 0 Å². The monoisotopic (exact) mass is 158 g/mol. The van der Waals surface area contributed by atoms with Gasteiger partial charge in [0.2, 0.25) is 0 Å². The Morgan fingerprint density at radius 3 is 3.30 bits per heavy atom. The van der Waals surface area contributed by atoms with E-state index in [0.29, 0.717) is 6.10 Å². The molecular formula is C8H14OS. The van der Waals surface area contributed by atoms with Crippen molar-refractivity contribution in [1.82, 2.24) is 0 Å². The molecule has 2 heterocycles. The van der Waals surface area contributed by atoms with E-state index >= 15 is 0 Å². The third-order valence-electron chi connectivity index (χ3n) is 2.32. The molecule has 2 bridgehead atoms. The second-order valence-corrected chi connectivity index (χ2v) is 4.59. The van der Waals surface area contributed by atoms with E-state index in [1.807, 2.05) is 0 Å². The topological polar surface area (TPSA) is 9.23 Å². The Labute approximate surface area is 66.5 Å². The van der Waals surface area contributed by atoms with Crippen molar-refractivity contribution >= 4 is 11.8 Å². The van der Waals surface area contributed by atoms with Gasteiger partial charge >= 0.3 is 0 Å². The van der Waals surface area contributed by atoms with Gasteiger partial charge in [-0.15, -0.1) is 0 Å². The van der Waals surface area contributed by atoms with E-state index in [1.165, 1.54) is 31.4 Å². The molecule has 0 saturated carbocycles. The van der Waals surface area contributed by atoms with Crippen molar-refractivity contribution in [2.75, 3.05) is 12.4 Å². The molecule has 2 saturated heterocycles. The van der Waals surface area contributed by atoms with Gasteiger partial charge in [-0.1, -0.05) is 6.42 Å². The van der Waals surface area contributed by atoms with Crippen LogP contribution in [0.2, 0.25) is 0 Å². The highest BCUT2D eigenvalue weighted by Gasteiger charge is 2.26. The van der Waals surface area contributed by atoms with E-state index in [2.05, 4.69) is 11.8 Å². The van der Waals surface area contributed by atoms with Gasteiger partial charge in [0.15, 0.2) is 0 Å². The van der Waals surface area contributed by atoms with Crippen molar-refractivity contribution in [3.63, 3.8) is 0 Å². The fourth-order valence-electron chi connectivity index (χ4n) is 1.71. The van der Waals surface area contributed by atoms with Crippen molar-refractivity contribution in [3.8, 4) is 0 Å². The molecule has 58 valence electrons. The van der Waals surface area contributed by atoms with E-state index in [0.717, 1.165) is 11.9 Å². The maximum Gasteiger partial charge on any atom is 0.0589 e. The molecule has 0 radical (unpaired) electrons. The molecule has 2 atom stereocenters. The Bertz CT molecular complexity index is 104. The van der Waals surface area contributed by atoms with Gasteiger partial charge in [-0.25, -0.2) is 0 Å². The first-order valence-corrected chi connectivity index (χ1v) is 5.23. The summed E-state index contributed by atoms with van der Waals surface area (Å²) in [6, 6.07) is 0. The molecule has 2 heteroatoms. The lowest BCUT2D eigenvalue weighted by molar-refractivity contribution is 0.103. The molecule has 2 fully saturated rings. The molecule has 10 heavy (non-hydrogen) atoms. The quantitative estimate of drug-likeness (QED) is 0.533. The molecule has 2 rings (SSSR count). The van der Waals surface area contributed by atoms with Gasteiger partial charge in [0, 0.05) is 5.25 Å². The summed E-state index contributed by atoms with van der Waals surface area (Å²) in [5, 5.41) is 0.838. The number of thioether (sulfide) groups is 1. The maximum absolute atomic E-state index is 5.62. The zero-order valence-corrected chi connectivity index (χ0v) is 7.03. The highest BCUT2D eigenvalue weighted by Crippen LogP contribution is 2.30. The zero-order chi connectivity index (χ0) is 6.81. The Balaban J connectivity index is 1.91. The van der Waals surface area contributed by atoms with Crippen molar-refractivity contribution in [2.45, 2.75) is 37.0 Å². The lowest BCUT2D eigenvalue weighted by atomic mass is 10.1. The van der Waals surface area contributed by atoms with Gasteiger partial charge in [0.1, 0.15) is 0 Å². The van der Waals surface area contributed by atoms with Crippen molar-refractivity contribution < 1.29 is 4.74 Å². The largest absolute Gasteiger partial charge is 0.377 e. The van der Waals surface area contributed by atoms with Gasteiger partial charge in [0.25, 0.3) is 0 Å². The van der Waals surface area contributed by atoms with Crippen LogP contribution in [0.1, 0.15) is 25.7 Å². The van der Waals surface area contributed by atoms with Crippen molar-refractivity contribution in [2.24, 2.45) is 0 Å². The summed E-state index contributed by atoms with van der Waals surface area (Å²) in [5.41, 5.74) is 0. The standard InChI is InChI=1S/C8H14OS/c1-2-4-10-8-5-7(3-1)9-6-8/h7-8H,1-6H2. The SMILES string of the molecule is C1CCC2CC(CO2)SC1. The Morgan fingerprint density at radius 1 is 1.30 bits per heavy atom. The van der Waals surface area contributed by atoms with Gasteiger partial charge in [0.05, 0.1) is 12.7 Å². The summed E-state index contributed by atoms with van der Waals surface area (Å²) in [7, 11) is 0. The number of hydrogen-bond donors (Lipinski definition) is 0. The molecule has 2 aliphatic heterocycles. The second-order valence-electron chi connectivity index (χ2n) is 3.18. The molecule has 0 N–H and O–H groups in total. The van der Waals surface area contributed by atoms with Crippen molar-refractivity contribution in [3.05, 3.63) is 0 Å². The van der Waals surface area contributed by atoms with Gasteiger partial charge in [-0.3, -0.25) is 0 Å². The molecule has 1 nitrogen and oxygen atoms in total. The molecule has 0 aromatic heterocycles. The summed E-state index contributed by atoms with van der Waals surface area (Å²) in [4.78, 5) is 0. The van der Waals surface area contributed by atoms with E-state index in [9.17, 15) is 0 Å². The third-order valence-corrected chi connectivity index (χ3v) is 3.64. The molecule has 2 aliphatic rings. The van der Waals surface area contributed by atoms with E-state index in [4.69, 9.17) is 4.74 Å². The smallest absolute Gasteiger partial charge is 0.0589 e. The first-order valence-electron chi connectivity index (χ1n) is 4.18. The van der Waals surface area contributed by atoms with Crippen LogP contribution < -0.4 is 0 Å². The van der Waals surface area contributed by atoms with E-state index in [-0.39, 0.29) is 0 Å². The molecule has 0 amide bonds. The predicted molar refractivity (Wildman–Crippen MR) is 44.5 cm³/mol. The first-order chi connectivity index (χ1) is 4.95. The van der Waals surface area contributed by atoms with E-state index in [1.54, 1.807) is 0 Å². The minimum absolute atomic E-state index is 0.623. The molecule has 0 aromatic carbocycles. The van der Waals surface area contributed by atoms with E-state index < -0.39 is 0 Å². The summed E-state index contributed by atoms with van der Waals surface area (Å²) in [5.74, 6) is 1.36. The number of fused-ring (bicyclic) bond motifs is 2.